The zero-order valence-electron chi connectivity index (χ0n) is 18.0. The summed E-state index contributed by atoms with van der Waals surface area (Å²) in [7, 11) is 0. The van der Waals surface area contributed by atoms with Crippen LogP contribution in [0.2, 0.25) is 0 Å². The van der Waals surface area contributed by atoms with Gasteiger partial charge in [0.15, 0.2) is 17.3 Å². The number of carbonyl (C=O) groups excluding carboxylic acids is 3. The highest BCUT2D eigenvalue weighted by Crippen LogP contribution is 2.24. The Labute approximate surface area is 187 Å². The number of hydrogen-bond donors (Lipinski definition) is 0. The minimum atomic E-state index is -0.203. The Morgan fingerprint density at radius 3 is 1.06 bits per heavy atom. The number of ketones is 3. The SMILES string of the molecule is Cc1c(C(=O)c2ccccc2)cccc1C(=O)c1cccc(C(=O)c2ccccc2)c1C. The van der Waals surface area contributed by atoms with E-state index in [-0.39, 0.29) is 17.3 Å². The zero-order valence-corrected chi connectivity index (χ0v) is 18.0. The van der Waals surface area contributed by atoms with Gasteiger partial charge in [0, 0.05) is 33.4 Å². The predicted molar refractivity (Wildman–Crippen MR) is 126 cm³/mol. The fourth-order valence-electron chi connectivity index (χ4n) is 3.89. The van der Waals surface area contributed by atoms with Crippen LogP contribution in [0.15, 0.2) is 97.1 Å². The van der Waals surface area contributed by atoms with Crippen molar-refractivity contribution < 1.29 is 14.4 Å². The maximum Gasteiger partial charge on any atom is 0.193 e. The molecule has 4 aromatic carbocycles. The van der Waals surface area contributed by atoms with Gasteiger partial charge >= 0.3 is 0 Å². The highest BCUT2D eigenvalue weighted by Gasteiger charge is 2.21. The number of hydrogen-bond acceptors (Lipinski definition) is 3. The van der Waals surface area contributed by atoms with Gasteiger partial charge in [-0.2, -0.15) is 0 Å². The Hall–Kier alpha value is -4.11. The molecule has 0 atom stereocenters. The molecule has 3 heteroatoms. The van der Waals surface area contributed by atoms with Crippen LogP contribution in [0.3, 0.4) is 0 Å². The summed E-state index contributed by atoms with van der Waals surface area (Å²) in [5, 5.41) is 0. The van der Waals surface area contributed by atoms with E-state index in [1.165, 1.54) is 0 Å². The van der Waals surface area contributed by atoms with Gasteiger partial charge in [-0.3, -0.25) is 14.4 Å². The molecule has 0 spiro atoms. The molecule has 4 rings (SSSR count). The van der Waals surface area contributed by atoms with Crippen molar-refractivity contribution >= 4 is 17.3 Å². The Kier molecular flexibility index (Phi) is 5.91. The quantitative estimate of drug-likeness (QED) is 0.361. The number of carbonyl (C=O) groups is 3. The standard InChI is InChI=1S/C29H22O3/c1-19-23(27(30)21-11-5-3-6-12-21)15-9-17-25(19)29(32)26-18-10-16-24(20(26)2)28(31)22-13-7-4-8-14-22/h3-18H,1-2H3. The van der Waals surface area contributed by atoms with Crippen molar-refractivity contribution in [1.82, 2.24) is 0 Å². The molecule has 0 fully saturated rings. The van der Waals surface area contributed by atoms with Gasteiger partial charge in [-0.25, -0.2) is 0 Å². The summed E-state index contributed by atoms with van der Waals surface area (Å²) in [6, 6.07) is 28.4. The van der Waals surface area contributed by atoms with E-state index in [1.54, 1.807) is 74.5 Å². The Morgan fingerprint density at radius 1 is 0.406 bits per heavy atom. The highest BCUT2D eigenvalue weighted by atomic mass is 16.1. The summed E-state index contributed by atoms with van der Waals surface area (Å²) < 4.78 is 0. The fraction of sp³-hybridized carbons (Fsp3) is 0.0690. The summed E-state index contributed by atoms with van der Waals surface area (Å²) in [6.45, 7) is 3.58. The lowest BCUT2D eigenvalue weighted by Gasteiger charge is -2.13. The molecule has 0 heterocycles. The van der Waals surface area contributed by atoms with Crippen LogP contribution >= 0.6 is 0 Å². The van der Waals surface area contributed by atoms with Crippen LogP contribution in [0, 0.1) is 13.8 Å². The third-order valence-electron chi connectivity index (χ3n) is 5.72. The third-order valence-corrected chi connectivity index (χ3v) is 5.72. The van der Waals surface area contributed by atoms with Gasteiger partial charge < -0.3 is 0 Å². The van der Waals surface area contributed by atoms with Gasteiger partial charge in [-0.05, 0) is 25.0 Å². The van der Waals surface area contributed by atoms with E-state index < -0.39 is 0 Å². The molecule has 0 bridgehead atoms. The van der Waals surface area contributed by atoms with Crippen molar-refractivity contribution in [3.63, 3.8) is 0 Å². The summed E-state index contributed by atoms with van der Waals surface area (Å²) in [5.74, 6) is -0.449. The van der Waals surface area contributed by atoms with Crippen LogP contribution in [0.25, 0.3) is 0 Å². The number of benzene rings is 4. The molecule has 0 saturated carbocycles. The van der Waals surface area contributed by atoms with E-state index in [9.17, 15) is 14.4 Å². The van der Waals surface area contributed by atoms with Crippen LogP contribution in [-0.4, -0.2) is 17.3 Å². The molecule has 0 aromatic heterocycles. The van der Waals surface area contributed by atoms with Gasteiger partial charge in [-0.1, -0.05) is 97.1 Å². The topological polar surface area (TPSA) is 51.2 Å². The third kappa shape index (κ3) is 3.93. The second kappa shape index (κ2) is 8.94. The lowest BCUT2D eigenvalue weighted by atomic mass is 9.88. The van der Waals surface area contributed by atoms with Gasteiger partial charge in [-0.15, -0.1) is 0 Å². The minimum Gasteiger partial charge on any atom is -0.289 e. The predicted octanol–water partition coefficient (Wildman–Crippen LogP) is 6.00. The second-order valence-electron chi connectivity index (χ2n) is 7.68. The van der Waals surface area contributed by atoms with Gasteiger partial charge in [0.2, 0.25) is 0 Å². The monoisotopic (exact) mass is 418 g/mol. The average molecular weight is 418 g/mol. The average Bonchev–Trinajstić information content (AvgIpc) is 2.84. The molecule has 0 unspecified atom stereocenters. The van der Waals surface area contributed by atoms with E-state index >= 15 is 0 Å². The second-order valence-corrected chi connectivity index (χ2v) is 7.68. The maximum atomic E-state index is 13.5. The van der Waals surface area contributed by atoms with Crippen molar-refractivity contribution in [2.24, 2.45) is 0 Å². The lowest BCUT2D eigenvalue weighted by molar-refractivity contribution is 0.103. The molecule has 0 radical (unpaired) electrons. The van der Waals surface area contributed by atoms with Crippen molar-refractivity contribution in [2.75, 3.05) is 0 Å². The van der Waals surface area contributed by atoms with Crippen LogP contribution in [0.1, 0.15) is 58.9 Å². The van der Waals surface area contributed by atoms with E-state index in [0.29, 0.717) is 44.5 Å². The molecule has 156 valence electrons. The first-order valence-corrected chi connectivity index (χ1v) is 10.4. The van der Waals surface area contributed by atoms with E-state index in [2.05, 4.69) is 0 Å². The van der Waals surface area contributed by atoms with Crippen LogP contribution < -0.4 is 0 Å². The molecule has 0 amide bonds. The lowest BCUT2D eigenvalue weighted by Crippen LogP contribution is -2.13. The summed E-state index contributed by atoms with van der Waals surface area (Å²) in [6.07, 6.45) is 0. The van der Waals surface area contributed by atoms with E-state index in [1.807, 2.05) is 36.4 Å². The first-order chi connectivity index (χ1) is 15.5. The first-order valence-electron chi connectivity index (χ1n) is 10.4. The summed E-state index contributed by atoms with van der Waals surface area (Å²) in [5.41, 5.74) is 4.32. The normalized spacial score (nSPS) is 10.6. The molecular formula is C29H22O3. The summed E-state index contributed by atoms with van der Waals surface area (Å²) in [4.78, 5) is 39.5. The Morgan fingerprint density at radius 2 is 0.719 bits per heavy atom. The molecular weight excluding hydrogens is 396 g/mol. The van der Waals surface area contributed by atoms with E-state index in [0.717, 1.165) is 0 Å². The van der Waals surface area contributed by atoms with Gasteiger partial charge in [0.1, 0.15) is 0 Å². The first kappa shape index (κ1) is 21.1. The fourth-order valence-corrected chi connectivity index (χ4v) is 3.89. The molecule has 0 aliphatic rings. The smallest absolute Gasteiger partial charge is 0.193 e. The Bertz CT molecular complexity index is 1220. The van der Waals surface area contributed by atoms with Crippen LogP contribution in [0.4, 0.5) is 0 Å². The zero-order chi connectivity index (χ0) is 22.7. The van der Waals surface area contributed by atoms with Crippen molar-refractivity contribution in [3.8, 4) is 0 Å². The molecule has 32 heavy (non-hydrogen) atoms. The van der Waals surface area contributed by atoms with E-state index in [4.69, 9.17) is 0 Å². The van der Waals surface area contributed by atoms with Crippen LogP contribution in [-0.2, 0) is 0 Å². The molecule has 4 aromatic rings. The van der Waals surface area contributed by atoms with Crippen molar-refractivity contribution in [2.45, 2.75) is 13.8 Å². The number of rotatable bonds is 6. The summed E-state index contributed by atoms with van der Waals surface area (Å²) >= 11 is 0. The highest BCUT2D eigenvalue weighted by molar-refractivity contribution is 6.17. The Balaban J connectivity index is 1.73. The minimum absolute atomic E-state index is 0.123. The van der Waals surface area contributed by atoms with Gasteiger partial charge in [0.05, 0.1) is 0 Å². The van der Waals surface area contributed by atoms with Crippen molar-refractivity contribution in [3.05, 3.63) is 142 Å². The molecule has 0 saturated heterocycles. The molecule has 0 aliphatic carbocycles. The molecule has 0 N–H and O–H groups in total. The van der Waals surface area contributed by atoms with Crippen molar-refractivity contribution in [1.29, 1.82) is 0 Å². The maximum absolute atomic E-state index is 13.5. The van der Waals surface area contributed by atoms with Gasteiger partial charge in [0.25, 0.3) is 0 Å². The van der Waals surface area contributed by atoms with Crippen LogP contribution in [0.5, 0.6) is 0 Å². The molecule has 3 nitrogen and oxygen atoms in total. The molecule has 0 aliphatic heterocycles. The largest absolute Gasteiger partial charge is 0.289 e.